The number of rotatable bonds is 35. The van der Waals surface area contributed by atoms with Crippen LogP contribution in [-0.4, -0.2) is 68.5 Å². The fourth-order valence-corrected chi connectivity index (χ4v) is 6.28. The lowest BCUT2D eigenvalue weighted by atomic mass is 10.0. The Hall–Kier alpha value is -0.760. The third kappa shape index (κ3) is 33.5. The second-order valence-corrected chi connectivity index (χ2v) is 16.0. The van der Waals surface area contributed by atoms with Gasteiger partial charge in [-0.3, -0.25) is 9.36 Å². The first-order valence-electron chi connectivity index (χ1n) is 19.5. The number of hydrogen-bond acceptors (Lipinski definition) is 6. The van der Waals surface area contributed by atoms with Gasteiger partial charge in [-0.1, -0.05) is 142 Å². The molecule has 0 fully saturated rings. The number of nitrogens with one attached hydrogen (secondary N) is 1. The maximum atomic E-state index is 12.8. The third-order valence-corrected chi connectivity index (χ3v) is 9.72. The van der Waals surface area contributed by atoms with Crippen molar-refractivity contribution in [2.45, 2.75) is 187 Å². The first kappa shape index (κ1) is 46.2. The summed E-state index contributed by atoms with van der Waals surface area (Å²) < 4.78 is 23.1. The van der Waals surface area contributed by atoms with Gasteiger partial charge < -0.3 is 28.8 Å². The normalized spacial score (nSPS) is 14.8. The molecule has 47 heavy (non-hydrogen) atoms. The highest BCUT2D eigenvalue weighted by Gasteiger charge is 2.24. The van der Waals surface area contributed by atoms with Crippen LogP contribution in [0.3, 0.4) is 0 Å². The van der Waals surface area contributed by atoms with Gasteiger partial charge in [0.15, 0.2) is 0 Å². The molecule has 0 aromatic heterocycles. The summed E-state index contributed by atoms with van der Waals surface area (Å²) in [4.78, 5) is 25.2. The monoisotopic (exact) mass is 689 g/mol. The standard InChI is InChI=1S/C38H77N2O6P/c1-6-8-10-12-14-16-18-20-22-24-26-28-30-32-38(42)39-36(35-46-47(43,44)45-34-33-40(3,4)5)37(41)31-29-27-25-23-21-19-17-15-13-11-9-7-2/h16,18,36-37,41H,6-15,17,19-35H2,1-5H3,(H-,39,42,43,44)/b18-16-. The van der Waals surface area contributed by atoms with Crippen molar-refractivity contribution in [2.24, 2.45) is 0 Å². The molecule has 0 aromatic rings. The van der Waals surface area contributed by atoms with Gasteiger partial charge in [0.1, 0.15) is 13.2 Å². The van der Waals surface area contributed by atoms with Crippen molar-refractivity contribution >= 4 is 13.7 Å². The Morgan fingerprint density at radius 1 is 0.723 bits per heavy atom. The summed E-state index contributed by atoms with van der Waals surface area (Å²) in [6.07, 6.45) is 32.0. The Morgan fingerprint density at radius 3 is 1.68 bits per heavy atom. The number of amides is 1. The molecule has 0 aromatic carbocycles. The van der Waals surface area contributed by atoms with E-state index in [2.05, 4.69) is 31.3 Å². The van der Waals surface area contributed by atoms with E-state index in [4.69, 9.17) is 9.05 Å². The molecule has 0 radical (unpaired) electrons. The van der Waals surface area contributed by atoms with E-state index in [9.17, 15) is 19.4 Å². The molecule has 0 spiro atoms. The van der Waals surface area contributed by atoms with Crippen molar-refractivity contribution in [3.05, 3.63) is 12.2 Å². The molecule has 0 bridgehead atoms. The molecule has 8 nitrogen and oxygen atoms in total. The van der Waals surface area contributed by atoms with Crippen LogP contribution in [0.4, 0.5) is 0 Å². The highest BCUT2D eigenvalue weighted by molar-refractivity contribution is 7.45. The van der Waals surface area contributed by atoms with Crippen molar-refractivity contribution in [3.8, 4) is 0 Å². The summed E-state index contributed by atoms with van der Waals surface area (Å²) in [7, 11) is 1.30. The Morgan fingerprint density at radius 2 is 1.17 bits per heavy atom. The van der Waals surface area contributed by atoms with Crippen molar-refractivity contribution < 1.29 is 32.9 Å². The van der Waals surface area contributed by atoms with E-state index >= 15 is 0 Å². The molecule has 2 N–H and O–H groups in total. The van der Waals surface area contributed by atoms with Crippen molar-refractivity contribution in [1.82, 2.24) is 5.32 Å². The van der Waals surface area contributed by atoms with Crippen LogP contribution in [0.5, 0.6) is 0 Å². The minimum atomic E-state index is -4.55. The van der Waals surface area contributed by atoms with Crippen LogP contribution in [-0.2, 0) is 18.4 Å². The first-order chi connectivity index (χ1) is 22.5. The average Bonchev–Trinajstić information content (AvgIpc) is 3.01. The minimum Gasteiger partial charge on any atom is -0.756 e. The Kier molecular flexibility index (Phi) is 30.7. The van der Waals surface area contributed by atoms with Crippen LogP contribution in [0.25, 0.3) is 0 Å². The number of phosphoric acid groups is 1. The number of carbonyl (C=O) groups is 1. The van der Waals surface area contributed by atoms with E-state index in [0.29, 0.717) is 23.9 Å². The molecule has 280 valence electrons. The fourth-order valence-electron chi connectivity index (χ4n) is 5.56. The molecular weight excluding hydrogens is 611 g/mol. The number of allylic oxidation sites excluding steroid dienone is 2. The molecule has 1 amide bonds. The Labute approximate surface area is 291 Å². The lowest BCUT2D eigenvalue weighted by Crippen LogP contribution is -2.46. The van der Waals surface area contributed by atoms with Gasteiger partial charge in [0.2, 0.25) is 5.91 Å². The number of quaternary nitrogens is 1. The summed E-state index contributed by atoms with van der Waals surface area (Å²) in [5.74, 6) is -0.176. The average molecular weight is 689 g/mol. The van der Waals surface area contributed by atoms with Crippen LogP contribution in [0.2, 0.25) is 0 Å². The van der Waals surface area contributed by atoms with E-state index in [1.165, 1.54) is 96.3 Å². The quantitative estimate of drug-likeness (QED) is 0.0297. The van der Waals surface area contributed by atoms with Gasteiger partial charge >= 0.3 is 0 Å². The van der Waals surface area contributed by atoms with Gasteiger partial charge in [-0.25, -0.2) is 0 Å². The number of hydrogen-bond donors (Lipinski definition) is 2. The molecular formula is C38H77N2O6P. The lowest BCUT2D eigenvalue weighted by molar-refractivity contribution is -0.870. The van der Waals surface area contributed by atoms with Gasteiger partial charge in [-0.2, -0.15) is 0 Å². The minimum absolute atomic E-state index is 0.0120. The third-order valence-electron chi connectivity index (χ3n) is 8.75. The molecule has 0 rings (SSSR count). The van der Waals surface area contributed by atoms with E-state index in [1.807, 2.05) is 21.1 Å². The zero-order valence-electron chi connectivity index (χ0n) is 31.5. The number of unbranched alkanes of at least 4 members (excludes halogenated alkanes) is 20. The molecule has 3 unspecified atom stereocenters. The van der Waals surface area contributed by atoms with Crippen LogP contribution < -0.4 is 10.2 Å². The Bertz CT molecular complexity index is 789. The number of aliphatic hydroxyl groups is 1. The summed E-state index contributed by atoms with van der Waals surface area (Å²) >= 11 is 0. The summed E-state index contributed by atoms with van der Waals surface area (Å²) in [5.41, 5.74) is 0. The molecule has 0 heterocycles. The topological polar surface area (TPSA) is 108 Å². The van der Waals surface area contributed by atoms with Gasteiger partial charge in [0, 0.05) is 6.42 Å². The van der Waals surface area contributed by atoms with E-state index in [1.54, 1.807) is 0 Å². The van der Waals surface area contributed by atoms with Crippen molar-refractivity contribution in [2.75, 3.05) is 40.9 Å². The zero-order valence-corrected chi connectivity index (χ0v) is 32.4. The fraction of sp³-hybridized carbons (Fsp3) is 0.921. The number of nitrogens with zero attached hydrogens (tertiary/aromatic N) is 1. The SMILES string of the molecule is CCCCCC/C=C\CCCCCCCC(=O)NC(COP(=O)([O-])OCC[N+](C)(C)C)C(O)CCCCCCCCCCCCCC. The molecule has 0 saturated carbocycles. The van der Waals surface area contributed by atoms with Gasteiger partial charge in [-0.05, 0) is 38.5 Å². The van der Waals surface area contributed by atoms with E-state index in [0.717, 1.165) is 51.4 Å². The van der Waals surface area contributed by atoms with Gasteiger partial charge in [0.25, 0.3) is 7.82 Å². The predicted octanol–water partition coefficient (Wildman–Crippen LogP) is 9.39. The predicted molar refractivity (Wildman–Crippen MR) is 196 cm³/mol. The van der Waals surface area contributed by atoms with Crippen molar-refractivity contribution in [3.63, 3.8) is 0 Å². The van der Waals surface area contributed by atoms with Crippen molar-refractivity contribution in [1.29, 1.82) is 0 Å². The van der Waals surface area contributed by atoms with Gasteiger partial charge in [0.05, 0.1) is 39.9 Å². The number of phosphoric ester groups is 1. The summed E-state index contributed by atoms with van der Waals surface area (Å²) in [5, 5.41) is 13.8. The maximum absolute atomic E-state index is 12.8. The number of aliphatic hydroxyl groups excluding tert-OH is 1. The lowest BCUT2D eigenvalue weighted by Gasteiger charge is -2.30. The van der Waals surface area contributed by atoms with E-state index < -0.39 is 20.0 Å². The second-order valence-electron chi connectivity index (χ2n) is 14.6. The van der Waals surface area contributed by atoms with Crippen LogP contribution in [0, 0.1) is 0 Å². The molecule has 9 heteroatoms. The smallest absolute Gasteiger partial charge is 0.268 e. The highest BCUT2D eigenvalue weighted by atomic mass is 31.2. The van der Waals surface area contributed by atoms with E-state index in [-0.39, 0.29) is 19.1 Å². The summed E-state index contributed by atoms with van der Waals surface area (Å²) in [6.45, 7) is 4.67. The first-order valence-corrected chi connectivity index (χ1v) is 21.0. The molecule has 0 aliphatic rings. The number of carbonyl (C=O) groups excluding carboxylic acids is 1. The van der Waals surface area contributed by atoms with Crippen LogP contribution >= 0.6 is 7.82 Å². The molecule has 0 aliphatic carbocycles. The molecule has 0 saturated heterocycles. The van der Waals surface area contributed by atoms with Gasteiger partial charge in [-0.15, -0.1) is 0 Å². The Balaban J connectivity index is 4.47. The highest BCUT2D eigenvalue weighted by Crippen LogP contribution is 2.38. The summed E-state index contributed by atoms with van der Waals surface area (Å²) in [6, 6.07) is -0.798. The largest absolute Gasteiger partial charge is 0.756 e. The van der Waals surface area contributed by atoms with Crippen LogP contribution in [0.15, 0.2) is 12.2 Å². The maximum Gasteiger partial charge on any atom is 0.268 e. The second kappa shape index (κ2) is 31.2. The number of likely N-dealkylation sites (N-methyl/N-ethyl adjacent to an activating group) is 1. The molecule has 3 atom stereocenters. The van der Waals surface area contributed by atoms with Crippen LogP contribution in [0.1, 0.15) is 174 Å². The zero-order chi connectivity index (χ0) is 35.1. The molecule has 0 aliphatic heterocycles.